The van der Waals surface area contributed by atoms with Crippen LogP contribution in [0.25, 0.3) is 0 Å². The van der Waals surface area contributed by atoms with Crippen molar-refractivity contribution in [3.8, 4) is 11.5 Å². The van der Waals surface area contributed by atoms with Crippen LogP contribution in [-0.4, -0.2) is 56.6 Å². The molecule has 1 saturated heterocycles. The quantitative estimate of drug-likeness (QED) is 0.706. The third-order valence-corrected chi connectivity index (χ3v) is 5.30. The van der Waals surface area contributed by atoms with E-state index in [0.29, 0.717) is 30.6 Å². The molecule has 8 nitrogen and oxygen atoms in total. The normalized spacial score (nSPS) is 17.4. The van der Waals surface area contributed by atoms with Gasteiger partial charge < -0.3 is 15.2 Å². The largest absolute Gasteiger partial charge is 0.507 e. The number of ether oxygens (including phenoxy) is 1. The van der Waals surface area contributed by atoms with Gasteiger partial charge in [-0.1, -0.05) is 17.7 Å². The molecule has 3 rings (SSSR count). The average molecular weight is 402 g/mol. The number of hydrogen-bond donors (Lipinski definition) is 2. The maximum atomic E-state index is 12.0. The molecule has 0 unspecified atom stereocenters. The van der Waals surface area contributed by atoms with Crippen LogP contribution >= 0.6 is 0 Å². The first-order valence-electron chi connectivity index (χ1n) is 10.3. The molecule has 1 aromatic heterocycles. The summed E-state index contributed by atoms with van der Waals surface area (Å²) in [5.74, 6) is 0.733. The summed E-state index contributed by atoms with van der Waals surface area (Å²) in [5.41, 5.74) is 1.26. The fourth-order valence-electron chi connectivity index (χ4n) is 3.75. The van der Waals surface area contributed by atoms with Crippen molar-refractivity contribution in [1.29, 1.82) is 0 Å². The molecule has 1 amide bonds. The Morgan fingerprint density at radius 2 is 2.21 bits per heavy atom. The number of methoxy groups -OCH3 is 1. The van der Waals surface area contributed by atoms with Crippen molar-refractivity contribution in [2.75, 3.05) is 13.7 Å². The third kappa shape index (κ3) is 5.69. The van der Waals surface area contributed by atoms with E-state index in [4.69, 9.17) is 4.74 Å². The van der Waals surface area contributed by atoms with E-state index in [1.807, 2.05) is 26.0 Å². The summed E-state index contributed by atoms with van der Waals surface area (Å²) < 4.78 is 6.91. The highest BCUT2D eigenvalue weighted by molar-refractivity contribution is 5.91. The number of nitrogens with zero attached hydrogens (tertiary/aromatic N) is 4. The molecule has 29 heavy (non-hydrogen) atoms. The molecule has 2 heterocycles. The fourth-order valence-corrected chi connectivity index (χ4v) is 3.75. The van der Waals surface area contributed by atoms with Gasteiger partial charge in [-0.05, 0) is 45.7 Å². The molecule has 2 aromatic rings. The highest BCUT2D eigenvalue weighted by Gasteiger charge is 2.23. The zero-order valence-corrected chi connectivity index (χ0v) is 17.5. The number of amides is 1. The number of benzene rings is 1. The fraction of sp³-hybridized carbons (Fsp3) is 0.571. The number of rotatable bonds is 8. The number of phenols is 1. The lowest BCUT2D eigenvalue weighted by molar-refractivity contribution is 0.0938. The molecule has 0 aliphatic carbocycles. The molecule has 1 fully saturated rings. The molecule has 158 valence electrons. The SMILES string of the molecule is COc1ccc(CN2CCCC[C@@H]2CCn2cc(C(=O)NC(C)C)nn2)c(O)c1. The van der Waals surface area contributed by atoms with Crippen LogP contribution in [0.15, 0.2) is 24.4 Å². The Morgan fingerprint density at radius 1 is 1.38 bits per heavy atom. The van der Waals surface area contributed by atoms with E-state index in [9.17, 15) is 9.90 Å². The Kier molecular flexibility index (Phi) is 7.09. The molecule has 1 aromatic carbocycles. The van der Waals surface area contributed by atoms with E-state index >= 15 is 0 Å². The van der Waals surface area contributed by atoms with Gasteiger partial charge in [-0.3, -0.25) is 14.4 Å². The minimum Gasteiger partial charge on any atom is -0.507 e. The molecule has 8 heteroatoms. The Hall–Kier alpha value is -2.61. The number of aromatic hydroxyl groups is 1. The number of aryl methyl sites for hydroxylation is 1. The average Bonchev–Trinajstić information content (AvgIpc) is 3.17. The van der Waals surface area contributed by atoms with Gasteiger partial charge in [-0.2, -0.15) is 0 Å². The van der Waals surface area contributed by atoms with Crippen LogP contribution < -0.4 is 10.1 Å². The maximum Gasteiger partial charge on any atom is 0.273 e. The second-order valence-corrected chi connectivity index (χ2v) is 7.90. The van der Waals surface area contributed by atoms with Crippen LogP contribution in [0.3, 0.4) is 0 Å². The van der Waals surface area contributed by atoms with Gasteiger partial charge in [0.05, 0.1) is 13.3 Å². The number of piperidine rings is 1. The highest BCUT2D eigenvalue weighted by Crippen LogP contribution is 2.28. The van der Waals surface area contributed by atoms with Crippen LogP contribution in [0.2, 0.25) is 0 Å². The van der Waals surface area contributed by atoms with E-state index in [0.717, 1.165) is 31.4 Å². The number of likely N-dealkylation sites (tertiary alicyclic amines) is 1. The smallest absolute Gasteiger partial charge is 0.273 e. The molecule has 1 atom stereocenters. The van der Waals surface area contributed by atoms with Crippen molar-refractivity contribution in [1.82, 2.24) is 25.2 Å². The molecular formula is C21H31N5O3. The molecule has 0 saturated carbocycles. The van der Waals surface area contributed by atoms with Crippen LogP contribution in [-0.2, 0) is 13.1 Å². The molecule has 2 N–H and O–H groups in total. The van der Waals surface area contributed by atoms with Gasteiger partial charge in [0.2, 0.25) is 0 Å². The first-order valence-corrected chi connectivity index (χ1v) is 10.3. The van der Waals surface area contributed by atoms with Crippen LogP contribution in [0.4, 0.5) is 0 Å². The summed E-state index contributed by atoms with van der Waals surface area (Å²) in [6.07, 6.45) is 6.11. The first-order chi connectivity index (χ1) is 14.0. The zero-order chi connectivity index (χ0) is 20.8. The van der Waals surface area contributed by atoms with Crippen molar-refractivity contribution in [3.05, 3.63) is 35.7 Å². The summed E-state index contributed by atoms with van der Waals surface area (Å²) in [7, 11) is 1.59. The van der Waals surface area contributed by atoms with Gasteiger partial charge in [0, 0.05) is 36.8 Å². The third-order valence-electron chi connectivity index (χ3n) is 5.30. The summed E-state index contributed by atoms with van der Waals surface area (Å²) in [5, 5.41) is 21.2. The van der Waals surface area contributed by atoms with Crippen LogP contribution in [0.1, 0.15) is 55.6 Å². The number of hydrogen-bond acceptors (Lipinski definition) is 6. The molecule has 0 bridgehead atoms. The van der Waals surface area contributed by atoms with E-state index in [1.165, 1.54) is 6.42 Å². The Bertz CT molecular complexity index is 820. The molecule has 0 spiro atoms. The summed E-state index contributed by atoms with van der Waals surface area (Å²) in [6.45, 7) is 6.26. The number of aromatic nitrogens is 3. The van der Waals surface area contributed by atoms with Gasteiger partial charge in [-0.25, -0.2) is 0 Å². The Balaban J connectivity index is 1.59. The molecular weight excluding hydrogens is 370 g/mol. The van der Waals surface area contributed by atoms with Crippen molar-refractivity contribution < 1.29 is 14.6 Å². The predicted octanol–water partition coefficient (Wildman–Crippen LogP) is 2.58. The monoisotopic (exact) mass is 401 g/mol. The van der Waals surface area contributed by atoms with Gasteiger partial charge in [-0.15, -0.1) is 5.10 Å². The minimum atomic E-state index is -0.194. The van der Waals surface area contributed by atoms with Crippen LogP contribution in [0.5, 0.6) is 11.5 Å². The number of carbonyl (C=O) groups excluding carboxylic acids is 1. The van der Waals surface area contributed by atoms with Crippen molar-refractivity contribution in [2.24, 2.45) is 0 Å². The first kappa shape index (κ1) is 21.1. The van der Waals surface area contributed by atoms with Gasteiger partial charge in [0.25, 0.3) is 5.91 Å². The topological polar surface area (TPSA) is 92.5 Å². The predicted molar refractivity (Wildman–Crippen MR) is 110 cm³/mol. The van der Waals surface area contributed by atoms with Crippen molar-refractivity contribution in [2.45, 2.75) is 64.7 Å². The van der Waals surface area contributed by atoms with Crippen molar-refractivity contribution in [3.63, 3.8) is 0 Å². The lowest BCUT2D eigenvalue weighted by Gasteiger charge is -2.36. The lowest BCUT2D eigenvalue weighted by Crippen LogP contribution is -2.39. The standard InChI is InChI=1S/C21H31N5O3/c1-15(2)22-21(28)19-14-26(24-23-19)11-9-17-6-4-5-10-25(17)13-16-7-8-18(29-3)12-20(16)27/h7-8,12,14-15,17,27H,4-6,9-11,13H2,1-3H3,(H,22,28)/t17-/m1/s1. The second kappa shape index (κ2) is 9.73. The summed E-state index contributed by atoms with van der Waals surface area (Å²) in [6, 6.07) is 5.94. The lowest BCUT2D eigenvalue weighted by atomic mass is 9.98. The Labute approximate surface area is 171 Å². The number of nitrogens with one attached hydrogen (secondary N) is 1. The van der Waals surface area contributed by atoms with Gasteiger partial charge in [0.1, 0.15) is 11.5 Å². The molecule has 0 radical (unpaired) electrons. The summed E-state index contributed by atoms with van der Waals surface area (Å²) >= 11 is 0. The Morgan fingerprint density at radius 3 is 2.93 bits per heavy atom. The van der Waals surface area contributed by atoms with E-state index in [2.05, 4.69) is 20.5 Å². The van der Waals surface area contributed by atoms with Crippen molar-refractivity contribution >= 4 is 5.91 Å². The van der Waals surface area contributed by atoms with E-state index in [-0.39, 0.29) is 17.7 Å². The van der Waals surface area contributed by atoms with Crippen LogP contribution in [0, 0.1) is 0 Å². The van der Waals surface area contributed by atoms with E-state index < -0.39 is 0 Å². The minimum absolute atomic E-state index is 0.0674. The number of carbonyl (C=O) groups is 1. The summed E-state index contributed by atoms with van der Waals surface area (Å²) in [4.78, 5) is 14.5. The highest BCUT2D eigenvalue weighted by atomic mass is 16.5. The van der Waals surface area contributed by atoms with Gasteiger partial charge >= 0.3 is 0 Å². The van der Waals surface area contributed by atoms with Gasteiger partial charge in [0.15, 0.2) is 5.69 Å². The maximum absolute atomic E-state index is 12.0. The molecule has 1 aliphatic heterocycles. The number of phenolic OH excluding ortho intramolecular Hbond substituents is 1. The molecule has 1 aliphatic rings. The zero-order valence-electron chi connectivity index (χ0n) is 17.5. The second-order valence-electron chi connectivity index (χ2n) is 7.90. The van der Waals surface area contributed by atoms with E-state index in [1.54, 1.807) is 24.1 Å².